The molecule has 1 amide bonds. The van der Waals surface area contributed by atoms with Crippen LogP contribution in [0, 0.1) is 0 Å². The Bertz CT molecular complexity index is 1280. The smallest absolute Gasteiger partial charge is 0.290 e. The molecule has 1 unspecified atom stereocenters. The van der Waals surface area contributed by atoms with Gasteiger partial charge in [0.1, 0.15) is 11.3 Å². The van der Waals surface area contributed by atoms with Crippen molar-refractivity contribution in [1.82, 2.24) is 9.80 Å². The molecule has 184 valence electrons. The first kappa shape index (κ1) is 24.0. The highest BCUT2D eigenvalue weighted by atomic mass is 79.9. The van der Waals surface area contributed by atoms with Gasteiger partial charge in [0, 0.05) is 30.7 Å². The van der Waals surface area contributed by atoms with Crippen molar-refractivity contribution in [3.63, 3.8) is 0 Å². The maximum atomic E-state index is 13.7. The van der Waals surface area contributed by atoms with Gasteiger partial charge in [-0.2, -0.15) is 0 Å². The van der Waals surface area contributed by atoms with Crippen LogP contribution < -0.4 is 10.2 Å². The highest BCUT2D eigenvalue weighted by Gasteiger charge is 2.42. The molecule has 1 saturated heterocycles. The third-order valence-corrected chi connectivity index (χ3v) is 7.04. The molecule has 0 N–H and O–H groups in total. The summed E-state index contributed by atoms with van der Waals surface area (Å²) in [4.78, 5) is 31.4. The van der Waals surface area contributed by atoms with Crippen LogP contribution in [-0.4, -0.2) is 61.7 Å². The fraction of sp³-hybridized carbons (Fsp3) is 0.407. The van der Waals surface area contributed by atoms with Crippen molar-refractivity contribution in [2.24, 2.45) is 0 Å². The summed E-state index contributed by atoms with van der Waals surface area (Å²) < 4.78 is 18.1. The Morgan fingerprint density at radius 2 is 1.91 bits per heavy atom. The van der Waals surface area contributed by atoms with Crippen molar-refractivity contribution in [1.29, 1.82) is 0 Å². The summed E-state index contributed by atoms with van der Waals surface area (Å²) in [5.41, 5.74) is 1.49. The lowest BCUT2D eigenvalue weighted by atomic mass is 9.98. The van der Waals surface area contributed by atoms with E-state index >= 15 is 0 Å². The van der Waals surface area contributed by atoms with E-state index in [1.807, 2.05) is 30.3 Å². The summed E-state index contributed by atoms with van der Waals surface area (Å²) in [6.45, 7) is 7.32. The van der Waals surface area contributed by atoms with Gasteiger partial charge in [-0.15, -0.1) is 0 Å². The second-order valence-corrected chi connectivity index (χ2v) is 9.86. The number of benzene rings is 2. The summed E-state index contributed by atoms with van der Waals surface area (Å²) in [6.07, 6.45) is 1.69. The Labute approximate surface area is 212 Å². The number of rotatable bonds is 8. The number of ether oxygens (including phenoxy) is 2. The van der Waals surface area contributed by atoms with Crippen molar-refractivity contribution in [2.45, 2.75) is 25.8 Å². The normalized spacial score (nSPS) is 18.3. The summed E-state index contributed by atoms with van der Waals surface area (Å²) in [6, 6.07) is 12.5. The van der Waals surface area contributed by atoms with Gasteiger partial charge in [0.2, 0.25) is 5.76 Å². The molecule has 7 nitrogen and oxygen atoms in total. The van der Waals surface area contributed by atoms with Crippen LogP contribution in [0.1, 0.15) is 47.5 Å². The van der Waals surface area contributed by atoms with E-state index in [2.05, 4.69) is 27.8 Å². The van der Waals surface area contributed by atoms with Gasteiger partial charge in [0.05, 0.1) is 36.8 Å². The number of carbonyl (C=O) groups excluding carboxylic acids is 1. The number of fused-ring (bicyclic) bond motifs is 2. The Morgan fingerprint density at radius 1 is 1.09 bits per heavy atom. The molecular formula is C27H29BrN2O5. The lowest BCUT2D eigenvalue weighted by Gasteiger charge is -2.29. The van der Waals surface area contributed by atoms with Gasteiger partial charge in [-0.1, -0.05) is 35.0 Å². The Morgan fingerprint density at radius 3 is 2.71 bits per heavy atom. The monoisotopic (exact) mass is 540 g/mol. The molecule has 0 saturated carbocycles. The van der Waals surface area contributed by atoms with Crippen molar-refractivity contribution >= 4 is 32.8 Å². The average molecular weight is 541 g/mol. The first-order valence-corrected chi connectivity index (χ1v) is 13.0. The van der Waals surface area contributed by atoms with E-state index < -0.39 is 6.04 Å². The quantitative estimate of drug-likeness (QED) is 0.415. The van der Waals surface area contributed by atoms with Gasteiger partial charge in [-0.25, -0.2) is 0 Å². The Kier molecular flexibility index (Phi) is 7.22. The molecule has 3 heterocycles. The fourth-order valence-corrected chi connectivity index (χ4v) is 5.21. The van der Waals surface area contributed by atoms with Crippen molar-refractivity contribution in [2.75, 3.05) is 46.0 Å². The average Bonchev–Trinajstić information content (AvgIpc) is 3.16. The van der Waals surface area contributed by atoms with Gasteiger partial charge in [-0.05, 0) is 48.7 Å². The molecule has 35 heavy (non-hydrogen) atoms. The largest absolute Gasteiger partial charge is 0.494 e. The van der Waals surface area contributed by atoms with Crippen LogP contribution in [-0.2, 0) is 4.74 Å². The van der Waals surface area contributed by atoms with E-state index in [0.717, 1.165) is 61.5 Å². The summed E-state index contributed by atoms with van der Waals surface area (Å²) in [7, 11) is 0. The molecule has 2 aromatic carbocycles. The minimum absolute atomic E-state index is 0.140. The van der Waals surface area contributed by atoms with Gasteiger partial charge in [0.25, 0.3) is 5.91 Å². The SMILES string of the molecule is CCCOc1cccc(C2c3c(oc4ccc(Br)cc4c3=O)C(=O)N2CCCN2CCOCC2)c1. The Hall–Kier alpha value is -2.68. The molecule has 0 aliphatic carbocycles. The molecule has 3 aromatic rings. The van der Waals surface area contributed by atoms with Crippen LogP contribution >= 0.6 is 15.9 Å². The molecule has 5 rings (SSSR count). The van der Waals surface area contributed by atoms with E-state index in [-0.39, 0.29) is 17.1 Å². The molecule has 1 fully saturated rings. The van der Waals surface area contributed by atoms with E-state index in [0.29, 0.717) is 29.7 Å². The number of hydrogen-bond acceptors (Lipinski definition) is 6. The first-order valence-electron chi connectivity index (χ1n) is 12.2. The lowest BCUT2D eigenvalue weighted by Crippen LogP contribution is -2.38. The fourth-order valence-electron chi connectivity index (χ4n) is 4.85. The molecule has 2 aliphatic heterocycles. The predicted octanol–water partition coefficient (Wildman–Crippen LogP) is 4.61. The number of carbonyl (C=O) groups is 1. The molecular weight excluding hydrogens is 512 g/mol. The molecule has 2 aliphatic rings. The predicted molar refractivity (Wildman–Crippen MR) is 137 cm³/mol. The minimum Gasteiger partial charge on any atom is -0.494 e. The zero-order valence-electron chi connectivity index (χ0n) is 19.8. The number of halogens is 1. The van der Waals surface area contributed by atoms with Crippen LogP contribution in [0.4, 0.5) is 0 Å². The van der Waals surface area contributed by atoms with E-state index in [9.17, 15) is 9.59 Å². The highest BCUT2D eigenvalue weighted by molar-refractivity contribution is 9.10. The zero-order valence-corrected chi connectivity index (χ0v) is 21.4. The van der Waals surface area contributed by atoms with Gasteiger partial charge in [0.15, 0.2) is 5.43 Å². The topological polar surface area (TPSA) is 72.2 Å². The lowest BCUT2D eigenvalue weighted by molar-refractivity contribution is 0.0353. The summed E-state index contributed by atoms with van der Waals surface area (Å²) >= 11 is 3.45. The van der Waals surface area contributed by atoms with Crippen LogP contribution in [0.25, 0.3) is 11.0 Å². The van der Waals surface area contributed by atoms with Crippen LogP contribution in [0.2, 0.25) is 0 Å². The van der Waals surface area contributed by atoms with Crippen molar-refractivity contribution in [3.05, 3.63) is 74.0 Å². The second kappa shape index (κ2) is 10.5. The summed E-state index contributed by atoms with van der Waals surface area (Å²) in [5, 5.41) is 0.462. The number of nitrogens with zero attached hydrogens (tertiary/aromatic N) is 2. The Balaban J connectivity index is 1.53. The molecule has 0 spiro atoms. The molecule has 1 atom stereocenters. The molecule has 0 radical (unpaired) electrons. The van der Waals surface area contributed by atoms with Crippen molar-refractivity contribution in [3.8, 4) is 5.75 Å². The molecule has 0 bridgehead atoms. The third-order valence-electron chi connectivity index (χ3n) is 6.55. The number of morpholine rings is 1. The number of hydrogen-bond donors (Lipinski definition) is 0. The maximum Gasteiger partial charge on any atom is 0.290 e. The van der Waals surface area contributed by atoms with Crippen molar-refractivity contribution < 1.29 is 18.7 Å². The standard InChI is InChI=1S/C27H29BrN2O5/c1-2-13-34-20-6-3-5-18(16-20)24-23-25(31)21-17-19(28)7-8-22(21)35-26(23)27(32)30(24)10-4-9-29-11-14-33-15-12-29/h3,5-8,16-17,24H,2,4,9-15H2,1H3. The van der Waals surface area contributed by atoms with Crippen LogP contribution in [0.3, 0.4) is 0 Å². The molecule has 1 aromatic heterocycles. The minimum atomic E-state index is -0.521. The van der Waals surface area contributed by atoms with Crippen LogP contribution in [0.5, 0.6) is 5.75 Å². The van der Waals surface area contributed by atoms with Gasteiger partial charge < -0.3 is 18.8 Å². The van der Waals surface area contributed by atoms with E-state index in [1.165, 1.54) is 0 Å². The highest BCUT2D eigenvalue weighted by Crippen LogP contribution is 2.39. The second-order valence-electron chi connectivity index (χ2n) is 8.94. The van der Waals surface area contributed by atoms with Crippen LogP contribution in [0.15, 0.2) is 56.1 Å². The summed E-state index contributed by atoms with van der Waals surface area (Å²) in [5.74, 6) is 0.626. The van der Waals surface area contributed by atoms with E-state index in [4.69, 9.17) is 13.9 Å². The third kappa shape index (κ3) is 4.87. The number of amides is 1. The van der Waals surface area contributed by atoms with E-state index in [1.54, 1.807) is 17.0 Å². The molecule has 8 heteroatoms. The zero-order chi connectivity index (χ0) is 24.4. The first-order chi connectivity index (χ1) is 17.1. The van der Waals surface area contributed by atoms with Gasteiger partial charge >= 0.3 is 0 Å². The van der Waals surface area contributed by atoms with Gasteiger partial charge in [-0.3, -0.25) is 14.5 Å². The maximum absolute atomic E-state index is 13.7.